The maximum Gasteiger partial charge on any atom is 0.179 e. The van der Waals surface area contributed by atoms with Gasteiger partial charge in [-0.1, -0.05) is 188 Å². The maximum atomic E-state index is 5.60. The Morgan fingerprint density at radius 1 is 0.328 bits per heavy atom. The fourth-order valence-electron chi connectivity index (χ4n) is 9.42. The summed E-state index contributed by atoms with van der Waals surface area (Å²) in [6, 6.07) is 80.2. The van der Waals surface area contributed by atoms with E-state index < -0.39 is 8.07 Å². The van der Waals surface area contributed by atoms with Crippen LogP contribution in [0.1, 0.15) is 5.56 Å². The third-order valence-corrected chi connectivity index (χ3v) is 16.7. The zero-order chi connectivity index (χ0) is 38.6. The number of hydrogen-bond acceptors (Lipinski definition) is 1. The Hall–Kier alpha value is -7.27. The molecule has 0 aliphatic carbocycles. The Labute approximate surface area is 338 Å². The van der Waals surface area contributed by atoms with Crippen molar-refractivity contribution in [3.05, 3.63) is 224 Å². The molecule has 0 aliphatic rings. The second-order valence-electron chi connectivity index (χ2n) is 15.2. The monoisotopic (exact) mass is 757 g/mol. The van der Waals surface area contributed by atoms with Gasteiger partial charge in [-0.05, 0) is 75.2 Å². The van der Waals surface area contributed by atoms with Crippen LogP contribution >= 0.6 is 0 Å². The molecule has 3 aromatic heterocycles. The third-order valence-electron chi connectivity index (χ3n) is 11.9. The Bertz CT molecular complexity index is 3030. The average Bonchev–Trinajstić information content (AvgIpc) is 3.81. The average molecular weight is 758 g/mol. The molecule has 0 saturated carbocycles. The summed E-state index contributed by atoms with van der Waals surface area (Å²) in [4.78, 5) is 5.60. The predicted octanol–water partition coefficient (Wildman–Crippen LogP) is 10.6. The summed E-state index contributed by atoms with van der Waals surface area (Å²) in [6.45, 7) is 2.21. The molecule has 0 amide bonds. The summed E-state index contributed by atoms with van der Waals surface area (Å²) in [5.41, 5.74) is 8.06. The van der Waals surface area contributed by atoms with Gasteiger partial charge in [0.1, 0.15) is 11.6 Å². The van der Waals surface area contributed by atoms with Gasteiger partial charge < -0.3 is 0 Å². The summed E-state index contributed by atoms with van der Waals surface area (Å²) in [7, 11) is -2.80. The molecule has 0 atom stereocenters. The molecule has 3 heterocycles. The summed E-state index contributed by atoms with van der Waals surface area (Å²) in [5.74, 6) is 1.76. The molecule has 0 aliphatic heterocycles. The van der Waals surface area contributed by atoms with Gasteiger partial charge in [-0.3, -0.25) is 9.13 Å². The van der Waals surface area contributed by atoms with Crippen molar-refractivity contribution in [2.45, 2.75) is 6.92 Å². The Kier molecular flexibility index (Phi) is 8.05. The lowest BCUT2D eigenvalue weighted by Gasteiger charge is -2.35. The van der Waals surface area contributed by atoms with Gasteiger partial charge in [0.15, 0.2) is 8.07 Å². The predicted molar refractivity (Wildman–Crippen MR) is 247 cm³/mol. The minimum absolute atomic E-state index is 0.880. The van der Waals surface area contributed by atoms with Crippen LogP contribution in [0.2, 0.25) is 0 Å². The lowest BCUT2D eigenvalue weighted by atomic mass is 10.1. The van der Waals surface area contributed by atoms with E-state index in [1.165, 1.54) is 47.9 Å². The SMILES string of the molecule is Cc1cccc([Si](c2ccccc2)(c2ccccc2)c2cccc(-c3cc(-n4c5ccccc5c5ccccc54)nc(-n4c5ccccc5c5ccccc54)c3)c2)c1. The van der Waals surface area contributed by atoms with Crippen LogP contribution in [0.4, 0.5) is 0 Å². The number of rotatable bonds is 7. The highest BCUT2D eigenvalue weighted by Crippen LogP contribution is 2.36. The van der Waals surface area contributed by atoms with Crippen LogP contribution in [0, 0.1) is 6.92 Å². The molecule has 0 bridgehead atoms. The van der Waals surface area contributed by atoms with Gasteiger partial charge in [0.05, 0.1) is 22.1 Å². The fraction of sp³-hybridized carbons (Fsp3) is 0.0185. The third kappa shape index (κ3) is 5.30. The largest absolute Gasteiger partial charge is 0.294 e. The number of aromatic nitrogens is 3. The van der Waals surface area contributed by atoms with E-state index >= 15 is 0 Å². The lowest BCUT2D eigenvalue weighted by Crippen LogP contribution is -2.74. The molecule has 8 aromatic carbocycles. The molecule has 4 heteroatoms. The second-order valence-corrected chi connectivity index (χ2v) is 19.1. The smallest absolute Gasteiger partial charge is 0.179 e. The van der Waals surface area contributed by atoms with Crippen molar-refractivity contribution >= 4 is 72.4 Å². The number of benzene rings is 8. The fourth-order valence-corrected chi connectivity index (χ4v) is 14.3. The van der Waals surface area contributed by atoms with Crippen LogP contribution in [0.5, 0.6) is 0 Å². The zero-order valence-electron chi connectivity index (χ0n) is 32.1. The van der Waals surface area contributed by atoms with Gasteiger partial charge in [-0.25, -0.2) is 4.98 Å². The van der Waals surface area contributed by atoms with Gasteiger partial charge in [-0.15, -0.1) is 0 Å². The molecule has 0 spiro atoms. The van der Waals surface area contributed by atoms with E-state index in [-0.39, 0.29) is 0 Å². The number of para-hydroxylation sites is 4. The van der Waals surface area contributed by atoms with E-state index in [1.54, 1.807) is 0 Å². The lowest BCUT2D eigenvalue weighted by molar-refractivity contribution is 1.01. The Morgan fingerprint density at radius 3 is 1.16 bits per heavy atom. The van der Waals surface area contributed by atoms with Gasteiger partial charge in [0.2, 0.25) is 0 Å². The highest BCUT2D eigenvalue weighted by Gasteiger charge is 2.41. The van der Waals surface area contributed by atoms with E-state index in [1.807, 2.05) is 0 Å². The number of fused-ring (bicyclic) bond motifs is 6. The van der Waals surface area contributed by atoms with E-state index in [4.69, 9.17) is 4.98 Å². The van der Waals surface area contributed by atoms with Crippen molar-refractivity contribution in [1.29, 1.82) is 0 Å². The van der Waals surface area contributed by atoms with Crippen LogP contribution < -0.4 is 20.7 Å². The van der Waals surface area contributed by atoms with Crippen LogP contribution in [-0.2, 0) is 0 Å². The van der Waals surface area contributed by atoms with Crippen LogP contribution in [0.25, 0.3) is 66.4 Å². The van der Waals surface area contributed by atoms with Crippen LogP contribution in [0.3, 0.4) is 0 Å². The first kappa shape index (κ1) is 34.0. The first-order chi connectivity index (χ1) is 28.7. The normalized spacial score (nSPS) is 11.9. The topological polar surface area (TPSA) is 22.8 Å². The Morgan fingerprint density at radius 2 is 0.707 bits per heavy atom. The first-order valence-electron chi connectivity index (χ1n) is 20.0. The van der Waals surface area contributed by atoms with Gasteiger partial charge in [-0.2, -0.15) is 0 Å². The highest BCUT2D eigenvalue weighted by molar-refractivity contribution is 7.19. The first-order valence-corrected chi connectivity index (χ1v) is 22.0. The Balaban J connectivity index is 1.23. The molecule has 11 rings (SSSR count). The molecule has 3 nitrogen and oxygen atoms in total. The van der Waals surface area contributed by atoms with Gasteiger partial charge in [0.25, 0.3) is 0 Å². The standard InChI is InChI=1S/C54H39N3Si/c1-38-18-16-24-43(34-38)58(41-20-4-2-5-21-41,42-22-6-3-7-23-42)44-25-17-19-39(35-44)40-36-53(56-49-30-12-8-26-45(49)46-27-9-13-31-50(46)56)55-54(37-40)57-51-32-14-10-28-47(51)48-29-11-15-33-52(48)57/h2-37H,1H3. The molecule has 0 unspecified atom stereocenters. The van der Waals surface area contributed by atoms with E-state index in [2.05, 4.69) is 234 Å². The molecule has 0 saturated heterocycles. The highest BCUT2D eigenvalue weighted by atomic mass is 28.3. The molecular formula is C54H39N3Si. The molecular weight excluding hydrogens is 719 g/mol. The van der Waals surface area contributed by atoms with Crippen molar-refractivity contribution < 1.29 is 0 Å². The summed E-state index contributed by atoms with van der Waals surface area (Å²) < 4.78 is 4.68. The number of aryl methyl sites for hydroxylation is 1. The summed E-state index contributed by atoms with van der Waals surface area (Å²) >= 11 is 0. The number of pyridine rings is 1. The quantitative estimate of drug-likeness (QED) is 0.117. The van der Waals surface area contributed by atoms with E-state index in [9.17, 15) is 0 Å². The van der Waals surface area contributed by atoms with Crippen molar-refractivity contribution in [3.8, 4) is 22.8 Å². The van der Waals surface area contributed by atoms with Crippen LogP contribution in [-0.4, -0.2) is 22.2 Å². The number of nitrogens with zero attached hydrogens (tertiary/aromatic N) is 3. The van der Waals surface area contributed by atoms with Gasteiger partial charge in [0, 0.05) is 21.5 Å². The van der Waals surface area contributed by atoms with Crippen molar-refractivity contribution in [3.63, 3.8) is 0 Å². The summed E-state index contributed by atoms with van der Waals surface area (Å²) in [5, 5.41) is 10.3. The summed E-state index contributed by atoms with van der Waals surface area (Å²) in [6.07, 6.45) is 0. The molecule has 0 N–H and O–H groups in total. The van der Waals surface area contributed by atoms with Crippen molar-refractivity contribution in [2.24, 2.45) is 0 Å². The zero-order valence-corrected chi connectivity index (χ0v) is 33.1. The molecule has 274 valence electrons. The van der Waals surface area contributed by atoms with Crippen molar-refractivity contribution in [1.82, 2.24) is 14.1 Å². The van der Waals surface area contributed by atoms with Gasteiger partial charge >= 0.3 is 0 Å². The van der Waals surface area contributed by atoms with Crippen molar-refractivity contribution in [2.75, 3.05) is 0 Å². The van der Waals surface area contributed by atoms with E-state index in [0.717, 1.165) is 44.8 Å². The minimum Gasteiger partial charge on any atom is -0.294 e. The second kappa shape index (κ2) is 13.7. The molecule has 11 aromatic rings. The minimum atomic E-state index is -2.80. The van der Waals surface area contributed by atoms with E-state index in [0.29, 0.717) is 0 Å². The molecule has 0 fully saturated rings. The molecule has 58 heavy (non-hydrogen) atoms. The number of hydrogen-bond donors (Lipinski definition) is 0. The van der Waals surface area contributed by atoms with Crippen LogP contribution in [0.15, 0.2) is 218 Å². The maximum absolute atomic E-state index is 5.60. The molecule has 0 radical (unpaired) electrons.